The van der Waals surface area contributed by atoms with Gasteiger partial charge < -0.3 is 5.11 Å². The molecule has 5 nitrogen and oxygen atoms in total. The van der Waals surface area contributed by atoms with Gasteiger partial charge in [-0.1, -0.05) is 46.3 Å². The van der Waals surface area contributed by atoms with Crippen LogP contribution in [-0.4, -0.2) is 28.4 Å². The number of hydrogen-bond acceptors (Lipinski definition) is 4. The molecule has 0 aliphatic heterocycles. The van der Waals surface area contributed by atoms with E-state index >= 15 is 0 Å². The summed E-state index contributed by atoms with van der Waals surface area (Å²) in [6.07, 6.45) is 8.85. The molecule has 0 amide bonds. The zero-order valence-corrected chi connectivity index (χ0v) is 21.1. The van der Waals surface area contributed by atoms with Gasteiger partial charge in [-0.25, -0.2) is 4.79 Å². The molecule has 3 aliphatic carbocycles. The van der Waals surface area contributed by atoms with E-state index in [2.05, 4.69) is 20.8 Å². The second-order valence-corrected chi connectivity index (χ2v) is 11.8. The molecule has 33 heavy (non-hydrogen) atoms. The first-order valence-corrected chi connectivity index (χ1v) is 12.5. The summed E-state index contributed by atoms with van der Waals surface area (Å²) in [5.74, 6) is -0.0629. The van der Waals surface area contributed by atoms with E-state index in [1.807, 2.05) is 19.9 Å². The molecule has 1 N–H and O–H groups in total. The highest BCUT2D eigenvalue weighted by Gasteiger charge is 2.60. The molecule has 0 aromatic heterocycles. The summed E-state index contributed by atoms with van der Waals surface area (Å²) in [5, 5.41) is 8.95. The molecular formula is C28H40O5. The first-order chi connectivity index (χ1) is 15.2. The summed E-state index contributed by atoms with van der Waals surface area (Å²) in [7, 11) is 0. The van der Waals surface area contributed by atoms with Gasteiger partial charge in [0.05, 0.1) is 0 Å². The van der Waals surface area contributed by atoms with Crippen LogP contribution in [0.2, 0.25) is 0 Å². The highest BCUT2D eigenvalue weighted by atomic mass is 16.4. The number of aliphatic carboxylic acids is 1. The molecule has 0 saturated heterocycles. The lowest BCUT2D eigenvalue weighted by Crippen LogP contribution is -2.52. The van der Waals surface area contributed by atoms with Gasteiger partial charge >= 0.3 is 5.97 Å². The fourth-order valence-corrected chi connectivity index (χ4v) is 6.90. The van der Waals surface area contributed by atoms with Crippen molar-refractivity contribution >= 4 is 23.3 Å². The van der Waals surface area contributed by atoms with Crippen molar-refractivity contribution < 1.29 is 24.3 Å². The number of allylic oxidation sites excluding steroid dienone is 3. The first kappa shape index (κ1) is 25.6. The zero-order valence-electron chi connectivity index (χ0n) is 21.1. The topological polar surface area (TPSA) is 88.5 Å². The summed E-state index contributed by atoms with van der Waals surface area (Å²) in [4.78, 5) is 49.6. The number of rotatable bonds is 8. The van der Waals surface area contributed by atoms with Gasteiger partial charge in [0.2, 0.25) is 0 Å². The molecule has 5 heteroatoms. The van der Waals surface area contributed by atoms with Crippen LogP contribution in [0, 0.1) is 34.0 Å². The Kier molecular flexibility index (Phi) is 6.94. The molecule has 3 aliphatic rings. The second kappa shape index (κ2) is 8.96. The van der Waals surface area contributed by atoms with Crippen LogP contribution >= 0.6 is 0 Å². The first-order valence-electron chi connectivity index (χ1n) is 12.5. The van der Waals surface area contributed by atoms with Crippen molar-refractivity contribution in [2.45, 2.75) is 92.9 Å². The average molecular weight is 457 g/mol. The molecule has 0 heterocycles. The Hall–Kier alpha value is -2.04. The normalized spacial score (nSPS) is 34.4. The van der Waals surface area contributed by atoms with E-state index in [0.29, 0.717) is 43.5 Å². The van der Waals surface area contributed by atoms with Crippen LogP contribution in [0.15, 0.2) is 23.3 Å². The van der Waals surface area contributed by atoms with Crippen LogP contribution in [0.5, 0.6) is 0 Å². The quantitative estimate of drug-likeness (QED) is 0.472. The number of carbonyl (C=O) groups excluding carboxylic acids is 3. The van der Waals surface area contributed by atoms with Crippen molar-refractivity contribution in [2.75, 3.05) is 0 Å². The van der Waals surface area contributed by atoms with Crippen molar-refractivity contribution in [1.29, 1.82) is 0 Å². The van der Waals surface area contributed by atoms with Gasteiger partial charge in [-0.2, -0.15) is 0 Å². The third-order valence-corrected chi connectivity index (χ3v) is 9.46. The molecule has 0 unspecified atom stereocenters. The lowest BCUT2D eigenvalue weighted by atomic mass is 9.47. The molecule has 3 rings (SSSR count). The van der Waals surface area contributed by atoms with Crippen molar-refractivity contribution in [3.8, 4) is 0 Å². The Labute approximate surface area is 198 Å². The summed E-state index contributed by atoms with van der Waals surface area (Å²) in [5.41, 5.74) is 0.485. The van der Waals surface area contributed by atoms with E-state index in [0.717, 1.165) is 19.3 Å². The maximum Gasteiger partial charge on any atom is 0.330 e. The van der Waals surface area contributed by atoms with Crippen molar-refractivity contribution in [2.24, 2.45) is 34.0 Å². The molecule has 0 spiro atoms. The molecule has 182 valence electrons. The molecule has 0 aromatic rings. The number of fused-ring (bicyclic) bond motifs is 3. The number of carboxylic acids is 1. The third kappa shape index (κ3) is 4.40. The monoisotopic (exact) mass is 456 g/mol. The summed E-state index contributed by atoms with van der Waals surface area (Å²) < 4.78 is 0. The van der Waals surface area contributed by atoms with Crippen LogP contribution in [0.3, 0.4) is 0 Å². The number of Topliss-reactive ketones (excluding diaryl/α,β-unsaturated/α-hetero) is 2. The van der Waals surface area contributed by atoms with E-state index in [1.54, 1.807) is 13.0 Å². The predicted molar refractivity (Wildman–Crippen MR) is 128 cm³/mol. The van der Waals surface area contributed by atoms with Gasteiger partial charge in [-0.05, 0) is 68.8 Å². The molecule has 2 fully saturated rings. The highest BCUT2D eigenvalue weighted by molar-refractivity contribution is 5.99. The molecule has 2 saturated carbocycles. The fourth-order valence-electron chi connectivity index (χ4n) is 6.90. The molecule has 0 aromatic carbocycles. The molecular weight excluding hydrogens is 416 g/mol. The Balaban J connectivity index is 1.67. The van der Waals surface area contributed by atoms with Crippen LogP contribution in [0.4, 0.5) is 0 Å². The van der Waals surface area contributed by atoms with Crippen molar-refractivity contribution in [1.82, 2.24) is 0 Å². The van der Waals surface area contributed by atoms with Crippen LogP contribution in [0.1, 0.15) is 92.9 Å². The fraction of sp³-hybridized carbons (Fsp3) is 0.714. The Morgan fingerprint density at radius 2 is 1.85 bits per heavy atom. The second-order valence-electron chi connectivity index (χ2n) is 11.8. The van der Waals surface area contributed by atoms with Gasteiger partial charge in [0.1, 0.15) is 11.6 Å². The number of hydrogen-bond donors (Lipinski definition) is 1. The Bertz CT molecular complexity index is 923. The molecule has 0 bridgehead atoms. The maximum atomic E-state index is 13.3. The minimum atomic E-state index is -0.931. The number of carboxylic acid groups (broad SMARTS) is 1. The van der Waals surface area contributed by atoms with Crippen molar-refractivity contribution in [3.63, 3.8) is 0 Å². The summed E-state index contributed by atoms with van der Waals surface area (Å²) in [6.45, 7) is 11.9. The van der Waals surface area contributed by atoms with Gasteiger partial charge in [0.15, 0.2) is 5.78 Å². The summed E-state index contributed by atoms with van der Waals surface area (Å²) in [6, 6.07) is 0. The van der Waals surface area contributed by atoms with Crippen LogP contribution < -0.4 is 0 Å². The Morgan fingerprint density at radius 3 is 2.48 bits per heavy atom. The molecule has 5 atom stereocenters. The van der Waals surface area contributed by atoms with Crippen LogP contribution in [-0.2, 0) is 19.2 Å². The van der Waals surface area contributed by atoms with Gasteiger partial charge in [0.25, 0.3) is 0 Å². The maximum absolute atomic E-state index is 13.3. The van der Waals surface area contributed by atoms with E-state index in [9.17, 15) is 19.2 Å². The standard InChI is InChI=1S/C28H40O5/c1-17(8-7-9-18(2)25(32)33)21(29)12-14-28(6)19-10-11-22-26(3,4)23(30)13-15-27(22,5)20(19)16-24(28)31/h9,16-17,19,22H,7-8,10-15H2,1-6H3,(H,32,33)/b18-9+/t17-,19-,22+,27-,28+/m1/s1. The number of ketones is 3. The van der Waals surface area contributed by atoms with Gasteiger partial charge in [-0.3, -0.25) is 14.4 Å². The van der Waals surface area contributed by atoms with Gasteiger partial charge in [-0.15, -0.1) is 0 Å². The lowest BCUT2D eigenvalue weighted by molar-refractivity contribution is -0.141. The lowest BCUT2D eigenvalue weighted by Gasteiger charge is -2.56. The van der Waals surface area contributed by atoms with E-state index in [1.165, 1.54) is 5.57 Å². The SMILES string of the molecule is C/C(=C\CC[C@@H](C)C(=O)CC[C@]1(C)C(=O)C=C2[C@H]1CC[C@H]1C(C)(C)C(=O)CC[C@]21C)C(=O)O. The minimum absolute atomic E-state index is 0.126. The largest absolute Gasteiger partial charge is 0.478 e. The zero-order chi connectivity index (χ0) is 24.8. The molecule has 0 radical (unpaired) electrons. The van der Waals surface area contributed by atoms with E-state index < -0.39 is 11.4 Å². The Morgan fingerprint density at radius 1 is 1.18 bits per heavy atom. The third-order valence-electron chi connectivity index (χ3n) is 9.46. The van der Waals surface area contributed by atoms with Gasteiger partial charge in [0, 0.05) is 35.2 Å². The van der Waals surface area contributed by atoms with Crippen LogP contribution in [0.25, 0.3) is 0 Å². The highest BCUT2D eigenvalue weighted by Crippen LogP contribution is 2.65. The number of carbonyl (C=O) groups is 4. The minimum Gasteiger partial charge on any atom is -0.478 e. The average Bonchev–Trinajstić information content (AvgIpc) is 3.01. The summed E-state index contributed by atoms with van der Waals surface area (Å²) >= 11 is 0. The predicted octanol–water partition coefficient (Wildman–Crippen LogP) is 5.72. The van der Waals surface area contributed by atoms with E-state index in [4.69, 9.17) is 5.11 Å². The van der Waals surface area contributed by atoms with E-state index in [-0.39, 0.29) is 40.2 Å². The van der Waals surface area contributed by atoms with Crippen molar-refractivity contribution in [3.05, 3.63) is 23.3 Å². The smallest absolute Gasteiger partial charge is 0.330 e.